The number of thioether (sulfide) groups is 2. The number of carbonyl (C=O) groups is 2. The molecule has 0 spiro atoms. The summed E-state index contributed by atoms with van der Waals surface area (Å²) in [6.07, 6.45) is -0.262. The van der Waals surface area contributed by atoms with Gasteiger partial charge in [-0.25, -0.2) is 9.48 Å². The third-order valence-corrected chi connectivity index (χ3v) is 12.9. The topological polar surface area (TPSA) is 110 Å². The zero-order chi connectivity index (χ0) is 21.7. The van der Waals surface area contributed by atoms with Gasteiger partial charge in [-0.15, -0.1) is 16.9 Å². The monoisotopic (exact) mass is 457 g/mol. The molecule has 2 aliphatic rings. The third kappa shape index (κ3) is 3.99. The van der Waals surface area contributed by atoms with Crippen LogP contribution in [0.4, 0.5) is 0 Å². The first-order valence-corrected chi connectivity index (χ1v) is 14.1. The van der Waals surface area contributed by atoms with Gasteiger partial charge in [-0.1, -0.05) is 32.5 Å². The maximum atomic E-state index is 12.9. The second-order valence-corrected chi connectivity index (χ2v) is 15.7. The predicted octanol–water partition coefficient (Wildman–Crippen LogP) is 2.54. The zero-order valence-corrected chi connectivity index (χ0v) is 20.3. The van der Waals surface area contributed by atoms with Gasteiger partial charge in [-0.2, -0.15) is 0 Å². The highest BCUT2D eigenvalue weighted by molar-refractivity contribution is 8.06. The number of tetrazole rings is 1. The molecule has 0 unspecified atom stereocenters. The average Bonchev–Trinajstić information content (AvgIpc) is 3.12. The summed E-state index contributed by atoms with van der Waals surface area (Å²) in [5, 5.41) is 21.4. The molecular weight excluding hydrogens is 430 g/mol. The number of aryl methyl sites for hydroxylation is 1. The molecule has 1 aromatic rings. The molecule has 0 aromatic carbocycles. The maximum absolute atomic E-state index is 12.9. The summed E-state index contributed by atoms with van der Waals surface area (Å²) < 4.78 is 7.96. The zero-order valence-electron chi connectivity index (χ0n) is 17.7. The average molecular weight is 458 g/mol. The molecule has 9 nitrogen and oxygen atoms in total. The molecule has 1 aromatic heterocycles. The SMILES string of the molecule is C[C@@H](O[Si](C)(C)C(C)(C)C)[C@@H]1C(=O)N2C(C(=O)O)=C(CSc3nnnn3C)S[C@H]12. The summed E-state index contributed by atoms with van der Waals surface area (Å²) in [4.78, 5) is 26.8. The van der Waals surface area contributed by atoms with Crippen molar-refractivity contribution in [3.63, 3.8) is 0 Å². The number of carboxylic acids is 1. The van der Waals surface area contributed by atoms with Gasteiger partial charge < -0.3 is 9.53 Å². The molecule has 3 heterocycles. The van der Waals surface area contributed by atoms with Crippen LogP contribution in [0.3, 0.4) is 0 Å². The molecule has 12 heteroatoms. The van der Waals surface area contributed by atoms with Crippen molar-refractivity contribution in [1.82, 2.24) is 25.1 Å². The van der Waals surface area contributed by atoms with Crippen molar-refractivity contribution >= 4 is 43.7 Å². The molecule has 160 valence electrons. The first-order valence-electron chi connectivity index (χ1n) is 9.34. The number of hydrogen-bond donors (Lipinski definition) is 1. The van der Waals surface area contributed by atoms with E-state index >= 15 is 0 Å². The van der Waals surface area contributed by atoms with Crippen LogP contribution in [0.1, 0.15) is 27.7 Å². The highest BCUT2D eigenvalue weighted by Crippen LogP contribution is 2.52. The number of fused-ring (bicyclic) bond motifs is 1. The first kappa shape index (κ1) is 22.3. The molecule has 29 heavy (non-hydrogen) atoms. The van der Waals surface area contributed by atoms with Gasteiger partial charge in [0.25, 0.3) is 0 Å². The summed E-state index contributed by atoms with van der Waals surface area (Å²) in [5.74, 6) is -1.21. The number of β-lactam (4-membered cyclic amide) rings is 1. The molecule has 3 rings (SSSR count). The van der Waals surface area contributed by atoms with Crippen molar-refractivity contribution in [2.75, 3.05) is 5.75 Å². The summed E-state index contributed by atoms with van der Waals surface area (Å²) in [6.45, 7) is 12.7. The Labute approximate surface area is 179 Å². The third-order valence-electron chi connectivity index (χ3n) is 5.76. The second kappa shape index (κ2) is 7.71. The van der Waals surface area contributed by atoms with Gasteiger partial charge in [-0.05, 0) is 35.5 Å². The van der Waals surface area contributed by atoms with Crippen LogP contribution >= 0.6 is 23.5 Å². The van der Waals surface area contributed by atoms with Crippen LogP contribution in [-0.4, -0.2) is 67.6 Å². The van der Waals surface area contributed by atoms with E-state index in [0.29, 0.717) is 15.8 Å². The van der Waals surface area contributed by atoms with Crippen molar-refractivity contribution in [3.05, 3.63) is 10.6 Å². The van der Waals surface area contributed by atoms with Crippen molar-refractivity contribution < 1.29 is 19.1 Å². The van der Waals surface area contributed by atoms with Crippen LogP contribution < -0.4 is 0 Å². The van der Waals surface area contributed by atoms with E-state index in [2.05, 4.69) is 49.4 Å². The fourth-order valence-electron chi connectivity index (χ4n) is 3.13. The van der Waals surface area contributed by atoms with Crippen LogP contribution in [0.2, 0.25) is 18.1 Å². The minimum absolute atomic E-state index is 0.0347. The molecule has 0 bridgehead atoms. The Balaban J connectivity index is 1.74. The van der Waals surface area contributed by atoms with E-state index in [1.807, 2.05) is 6.92 Å². The Bertz CT molecular complexity index is 866. The number of aliphatic carboxylic acids is 1. The van der Waals surface area contributed by atoms with Crippen LogP contribution in [-0.2, 0) is 21.1 Å². The van der Waals surface area contributed by atoms with E-state index in [-0.39, 0.29) is 34.0 Å². The van der Waals surface area contributed by atoms with Crippen molar-refractivity contribution in [1.29, 1.82) is 0 Å². The Kier molecular flexibility index (Phi) is 5.93. The van der Waals surface area contributed by atoms with Crippen LogP contribution in [0.15, 0.2) is 15.8 Å². The molecule has 1 amide bonds. The van der Waals surface area contributed by atoms with Gasteiger partial charge in [0, 0.05) is 17.7 Å². The fraction of sp³-hybridized carbons (Fsp3) is 0.706. The molecule has 1 fully saturated rings. The molecular formula is C17H27N5O4S2Si. The van der Waals surface area contributed by atoms with Crippen molar-refractivity contribution in [2.24, 2.45) is 13.0 Å². The van der Waals surface area contributed by atoms with Gasteiger partial charge in [0.2, 0.25) is 11.1 Å². The quantitative estimate of drug-likeness (QED) is 0.375. The summed E-state index contributed by atoms with van der Waals surface area (Å²) in [6, 6.07) is 0. The van der Waals surface area contributed by atoms with Gasteiger partial charge in [-0.3, -0.25) is 9.69 Å². The number of amides is 1. The highest BCUT2D eigenvalue weighted by atomic mass is 32.2. The Hall–Kier alpha value is -1.37. The number of hydrogen-bond acceptors (Lipinski definition) is 8. The molecule has 1 saturated heterocycles. The summed E-state index contributed by atoms with van der Waals surface area (Å²) >= 11 is 2.79. The number of carboxylic acid groups (broad SMARTS) is 1. The molecule has 0 saturated carbocycles. The van der Waals surface area contributed by atoms with E-state index in [0.717, 1.165) is 0 Å². The number of nitrogens with zero attached hydrogens (tertiary/aromatic N) is 5. The Morgan fingerprint density at radius 3 is 2.59 bits per heavy atom. The van der Waals surface area contributed by atoms with Gasteiger partial charge in [0.1, 0.15) is 11.1 Å². The lowest BCUT2D eigenvalue weighted by atomic mass is 9.92. The van der Waals surface area contributed by atoms with E-state index in [1.165, 1.54) is 33.1 Å². The Morgan fingerprint density at radius 2 is 2.07 bits per heavy atom. The first-order chi connectivity index (χ1) is 13.3. The normalized spacial score (nSPS) is 23.3. The van der Waals surface area contributed by atoms with Crippen LogP contribution in [0.25, 0.3) is 0 Å². The van der Waals surface area contributed by atoms with Crippen molar-refractivity contribution in [2.45, 2.75) is 62.5 Å². The lowest BCUT2D eigenvalue weighted by Crippen LogP contribution is -2.62. The lowest BCUT2D eigenvalue weighted by Gasteiger charge is -2.48. The molecule has 1 N–H and O–H groups in total. The minimum Gasteiger partial charge on any atom is -0.477 e. The number of carbonyl (C=O) groups excluding carboxylic acids is 1. The highest BCUT2D eigenvalue weighted by Gasteiger charge is 2.58. The second-order valence-electron chi connectivity index (χ2n) is 8.78. The summed E-state index contributed by atoms with van der Waals surface area (Å²) in [7, 11) is -0.314. The largest absolute Gasteiger partial charge is 0.477 e. The maximum Gasteiger partial charge on any atom is 0.353 e. The Morgan fingerprint density at radius 1 is 1.41 bits per heavy atom. The van der Waals surface area contributed by atoms with E-state index in [9.17, 15) is 14.7 Å². The van der Waals surface area contributed by atoms with E-state index in [1.54, 1.807) is 7.05 Å². The fourth-order valence-corrected chi connectivity index (χ4v) is 7.11. The molecule has 0 aliphatic carbocycles. The smallest absolute Gasteiger partial charge is 0.353 e. The molecule has 2 aliphatic heterocycles. The lowest BCUT2D eigenvalue weighted by molar-refractivity contribution is -0.156. The van der Waals surface area contributed by atoms with Gasteiger partial charge >= 0.3 is 5.97 Å². The summed E-state index contributed by atoms with van der Waals surface area (Å²) in [5.41, 5.74) is 0.0726. The molecule has 0 radical (unpaired) electrons. The number of rotatable bonds is 7. The number of aromatic nitrogens is 4. The van der Waals surface area contributed by atoms with E-state index in [4.69, 9.17) is 4.43 Å². The van der Waals surface area contributed by atoms with Crippen LogP contribution in [0, 0.1) is 5.92 Å². The minimum atomic E-state index is -2.04. The predicted molar refractivity (Wildman–Crippen MR) is 114 cm³/mol. The van der Waals surface area contributed by atoms with Gasteiger partial charge in [0.15, 0.2) is 8.32 Å². The standard InChI is InChI=1S/C17H27N5O4S2Si/c1-9(26-29(6,7)17(2,3)4)11-13(23)22-12(15(24)25)10(28-14(11)22)8-27-16-18-19-20-21(16)5/h9,11,14H,8H2,1-7H3,(H,24,25)/t9-,11-,14-/m1/s1. The molecule has 3 atom stereocenters. The van der Waals surface area contributed by atoms with Gasteiger partial charge in [0.05, 0.1) is 12.0 Å². The van der Waals surface area contributed by atoms with Crippen LogP contribution in [0.5, 0.6) is 0 Å². The van der Waals surface area contributed by atoms with E-state index < -0.39 is 14.3 Å². The van der Waals surface area contributed by atoms with Crippen molar-refractivity contribution in [3.8, 4) is 0 Å².